The molecule has 0 aromatic carbocycles. The fraction of sp³-hybridized carbons (Fsp3) is 0.676. The summed E-state index contributed by atoms with van der Waals surface area (Å²) in [7, 11) is 0. The first-order chi connectivity index (χ1) is 18.8. The Balaban J connectivity index is 0. The van der Waals surface area contributed by atoms with E-state index < -0.39 is 0 Å². The second-order valence-electron chi connectivity index (χ2n) is 10.2. The van der Waals surface area contributed by atoms with Crippen LogP contribution in [0.1, 0.15) is 156 Å². The van der Waals surface area contributed by atoms with Crippen molar-refractivity contribution in [3.05, 3.63) is 72.9 Å². The first-order valence-electron chi connectivity index (χ1n) is 16.3. The van der Waals surface area contributed by atoms with Crippen LogP contribution >= 0.6 is 0 Å². The summed E-state index contributed by atoms with van der Waals surface area (Å²) in [5, 5.41) is 8.64. The van der Waals surface area contributed by atoms with Gasteiger partial charge in [0.15, 0.2) is 0 Å². The molecule has 0 aliphatic rings. The van der Waals surface area contributed by atoms with Gasteiger partial charge in [0, 0.05) is 6.61 Å². The molecule has 0 spiro atoms. The van der Waals surface area contributed by atoms with Crippen LogP contribution in [0.25, 0.3) is 0 Å². The minimum Gasteiger partial charge on any atom is -0.396 e. The van der Waals surface area contributed by atoms with Gasteiger partial charge in [-0.3, -0.25) is 0 Å². The predicted octanol–water partition coefficient (Wildman–Crippen LogP) is 12.6. The summed E-state index contributed by atoms with van der Waals surface area (Å²) in [6.45, 7) is 7.09. The monoisotopic (exact) mass is 527 g/mol. The van der Waals surface area contributed by atoms with Crippen molar-refractivity contribution < 1.29 is 5.11 Å². The standard InChI is InChI=1S/C19H34.C18H32O/c1-3-5-7-9-11-13-15-17-19-18-16-14-12-10-8-6-4-2;1-2-3-4-5-6-7-8-9-10-11-12-13-14-15-16-17-18-19/h11,13-14,16-17,19H,3-10,12,15,18H2,1-2H3;6-7,9-10,12-13,19H,2-5,8,11,14-18H2,1H3/b13-11-,16-14-,19-17-;7-6-,10-9-,13-12-. The Morgan fingerprint density at radius 3 is 0.895 bits per heavy atom. The molecule has 0 unspecified atom stereocenters. The van der Waals surface area contributed by atoms with Gasteiger partial charge in [-0.25, -0.2) is 0 Å². The summed E-state index contributed by atoms with van der Waals surface area (Å²) >= 11 is 0. The molecule has 220 valence electrons. The highest BCUT2D eigenvalue weighted by Crippen LogP contribution is 2.04. The molecule has 1 N–H and O–H groups in total. The fourth-order valence-electron chi connectivity index (χ4n) is 3.82. The third kappa shape index (κ3) is 41.5. The lowest BCUT2D eigenvalue weighted by Gasteiger charge is -1.93. The minimum absolute atomic E-state index is 0.332. The van der Waals surface area contributed by atoms with Crippen molar-refractivity contribution in [2.45, 2.75) is 156 Å². The first kappa shape index (κ1) is 38.5. The van der Waals surface area contributed by atoms with E-state index in [1.807, 2.05) is 0 Å². The van der Waals surface area contributed by atoms with E-state index in [1.165, 1.54) is 89.9 Å². The van der Waals surface area contributed by atoms with Crippen molar-refractivity contribution >= 4 is 0 Å². The van der Waals surface area contributed by atoms with Gasteiger partial charge in [-0.15, -0.1) is 0 Å². The summed E-state index contributed by atoms with van der Waals surface area (Å²) in [6, 6.07) is 0. The highest BCUT2D eigenvalue weighted by molar-refractivity contribution is 4.98. The van der Waals surface area contributed by atoms with E-state index >= 15 is 0 Å². The zero-order valence-electron chi connectivity index (χ0n) is 25.9. The largest absolute Gasteiger partial charge is 0.396 e. The Bertz CT molecular complexity index is 524. The van der Waals surface area contributed by atoms with Crippen molar-refractivity contribution in [3.8, 4) is 0 Å². The van der Waals surface area contributed by atoms with Crippen LogP contribution in [0.3, 0.4) is 0 Å². The Kier molecular flexibility index (Phi) is 40.5. The van der Waals surface area contributed by atoms with E-state index in [0.29, 0.717) is 6.61 Å². The zero-order chi connectivity index (χ0) is 28.0. The lowest BCUT2D eigenvalue weighted by atomic mass is 10.1. The van der Waals surface area contributed by atoms with Crippen LogP contribution in [0.15, 0.2) is 72.9 Å². The molecule has 0 saturated heterocycles. The topological polar surface area (TPSA) is 20.2 Å². The third-order valence-electron chi connectivity index (χ3n) is 6.29. The van der Waals surface area contributed by atoms with Gasteiger partial charge in [-0.05, 0) is 83.5 Å². The summed E-state index contributed by atoms with van der Waals surface area (Å²) < 4.78 is 0. The Morgan fingerprint density at radius 1 is 0.316 bits per heavy atom. The van der Waals surface area contributed by atoms with Crippen molar-refractivity contribution in [2.75, 3.05) is 6.61 Å². The van der Waals surface area contributed by atoms with Crippen LogP contribution in [-0.4, -0.2) is 11.7 Å². The number of rotatable bonds is 26. The molecule has 38 heavy (non-hydrogen) atoms. The van der Waals surface area contributed by atoms with Gasteiger partial charge >= 0.3 is 0 Å². The molecule has 1 nitrogen and oxygen atoms in total. The third-order valence-corrected chi connectivity index (χ3v) is 6.29. The molecule has 0 saturated carbocycles. The van der Waals surface area contributed by atoms with Crippen molar-refractivity contribution in [2.24, 2.45) is 0 Å². The summed E-state index contributed by atoms with van der Waals surface area (Å²) in [5.74, 6) is 0. The van der Waals surface area contributed by atoms with Crippen LogP contribution in [-0.2, 0) is 0 Å². The second kappa shape index (κ2) is 39.9. The smallest absolute Gasteiger partial charge is 0.0431 e. The maximum Gasteiger partial charge on any atom is 0.0431 e. The van der Waals surface area contributed by atoms with Crippen molar-refractivity contribution in [3.63, 3.8) is 0 Å². The van der Waals surface area contributed by atoms with Gasteiger partial charge < -0.3 is 5.11 Å². The Morgan fingerprint density at radius 2 is 0.579 bits per heavy atom. The average molecular weight is 527 g/mol. The second-order valence-corrected chi connectivity index (χ2v) is 10.2. The van der Waals surface area contributed by atoms with Gasteiger partial charge in [0.2, 0.25) is 0 Å². The normalized spacial score (nSPS) is 12.3. The maximum atomic E-state index is 8.64. The lowest BCUT2D eigenvalue weighted by Crippen LogP contribution is -1.81. The number of allylic oxidation sites excluding steroid dienone is 12. The highest BCUT2D eigenvalue weighted by Gasteiger charge is 1.85. The molecule has 0 aliphatic heterocycles. The van der Waals surface area contributed by atoms with Crippen LogP contribution in [0.5, 0.6) is 0 Å². The van der Waals surface area contributed by atoms with E-state index in [1.54, 1.807) is 0 Å². The molecule has 1 heteroatoms. The molecule has 0 aliphatic carbocycles. The van der Waals surface area contributed by atoms with Gasteiger partial charge in [-0.1, -0.05) is 145 Å². The molecule has 0 bridgehead atoms. The number of aliphatic hydroxyl groups is 1. The molecule has 0 atom stereocenters. The van der Waals surface area contributed by atoms with Crippen LogP contribution in [0.4, 0.5) is 0 Å². The molecule has 0 aromatic rings. The molecular weight excluding hydrogens is 460 g/mol. The quantitative estimate of drug-likeness (QED) is 0.0877. The Hall–Kier alpha value is -1.60. The molecule has 0 rings (SSSR count). The zero-order valence-corrected chi connectivity index (χ0v) is 25.9. The van der Waals surface area contributed by atoms with Crippen LogP contribution < -0.4 is 0 Å². The molecule has 0 heterocycles. The van der Waals surface area contributed by atoms with Gasteiger partial charge in [0.1, 0.15) is 0 Å². The van der Waals surface area contributed by atoms with Gasteiger partial charge in [0.05, 0.1) is 0 Å². The maximum absolute atomic E-state index is 8.64. The molecule has 0 radical (unpaired) electrons. The van der Waals surface area contributed by atoms with E-state index in [4.69, 9.17) is 5.11 Å². The first-order valence-corrected chi connectivity index (χ1v) is 16.3. The Labute approximate surface area is 240 Å². The number of aliphatic hydroxyl groups excluding tert-OH is 1. The fourth-order valence-corrected chi connectivity index (χ4v) is 3.82. The summed E-state index contributed by atoms with van der Waals surface area (Å²) in [4.78, 5) is 0. The number of hydrogen-bond donors (Lipinski definition) is 1. The lowest BCUT2D eigenvalue weighted by molar-refractivity contribution is 0.283. The van der Waals surface area contributed by atoms with E-state index in [0.717, 1.165) is 44.9 Å². The van der Waals surface area contributed by atoms with E-state index in [2.05, 4.69) is 93.7 Å². The van der Waals surface area contributed by atoms with Crippen LogP contribution in [0.2, 0.25) is 0 Å². The molecular formula is C37H66O. The number of unbranched alkanes of at least 4 members (excludes halogenated alkanes) is 13. The number of hydrogen-bond acceptors (Lipinski definition) is 1. The molecule has 0 amide bonds. The van der Waals surface area contributed by atoms with E-state index in [-0.39, 0.29) is 0 Å². The average Bonchev–Trinajstić information content (AvgIpc) is 2.93. The van der Waals surface area contributed by atoms with Gasteiger partial charge in [-0.2, -0.15) is 0 Å². The summed E-state index contributed by atoms with van der Waals surface area (Å²) in [6.07, 6.45) is 53.3. The predicted molar refractivity (Wildman–Crippen MR) is 176 cm³/mol. The highest BCUT2D eigenvalue weighted by atomic mass is 16.2. The summed E-state index contributed by atoms with van der Waals surface area (Å²) in [5.41, 5.74) is 0. The van der Waals surface area contributed by atoms with Crippen LogP contribution in [0, 0.1) is 0 Å². The molecule has 0 fully saturated rings. The van der Waals surface area contributed by atoms with Crippen molar-refractivity contribution in [1.82, 2.24) is 0 Å². The molecule has 0 aromatic heterocycles. The van der Waals surface area contributed by atoms with E-state index in [9.17, 15) is 0 Å². The van der Waals surface area contributed by atoms with Crippen molar-refractivity contribution in [1.29, 1.82) is 0 Å². The SMILES string of the molecule is CCCCC/C=C\C/C=C\C/C=C\CCCCCC.CCCCC/C=C\C/C=C\C/C=C\CCCCCO. The van der Waals surface area contributed by atoms with Gasteiger partial charge in [0.25, 0.3) is 0 Å². The minimum atomic E-state index is 0.332.